The van der Waals surface area contributed by atoms with Crippen LogP contribution in [0.1, 0.15) is 37.0 Å². The zero-order valence-corrected chi connectivity index (χ0v) is 19.1. The molecule has 0 aliphatic carbocycles. The number of benzene rings is 2. The molecule has 0 fully saturated rings. The van der Waals surface area contributed by atoms with E-state index in [1.807, 2.05) is 44.2 Å². The Bertz CT molecular complexity index is 841. The summed E-state index contributed by atoms with van der Waals surface area (Å²) in [5.41, 5.74) is 3.35. The van der Waals surface area contributed by atoms with E-state index in [1.165, 1.54) is 11.1 Å². The Morgan fingerprint density at radius 1 is 1.10 bits per heavy atom. The van der Waals surface area contributed by atoms with Crippen molar-refractivity contribution in [1.29, 1.82) is 0 Å². The molecule has 5 nitrogen and oxygen atoms in total. The van der Waals surface area contributed by atoms with Crippen LogP contribution in [0.2, 0.25) is 0 Å². The minimum Gasteiger partial charge on any atom is -0.497 e. The molecule has 0 aromatic heterocycles. The average Bonchev–Trinajstić information content (AvgIpc) is 2.74. The molecule has 2 aromatic carbocycles. The first-order valence-corrected chi connectivity index (χ1v) is 11.5. The molecule has 1 atom stereocenters. The summed E-state index contributed by atoms with van der Waals surface area (Å²) in [6.07, 6.45) is 0.560. The summed E-state index contributed by atoms with van der Waals surface area (Å²) in [4.78, 5) is 27.5. The standard InChI is InChI=1S/C24H32N2O3S/c1-5-22(24(28)25-6-2)26(15-19-10-8-12-21(14-19)29-4)23(27)17-30-16-20-11-7-9-18(3)13-20/h7-14,22H,5-6,15-17H2,1-4H3,(H,25,28). The van der Waals surface area contributed by atoms with E-state index in [9.17, 15) is 9.59 Å². The van der Waals surface area contributed by atoms with Crippen LogP contribution >= 0.6 is 11.8 Å². The fourth-order valence-electron chi connectivity index (χ4n) is 3.32. The van der Waals surface area contributed by atoms with Gasteiger partial charge in [0.2, 0.25) is 11.8 Å². The number of carbonyl (C=O) groups is 2. The van der Waals surface area contributed by atoms with Crippen LogP contribution in [-0.2, 0) is 21.9 Å². The van der Waals surface area contributed by atoms with Gasteiger partial charge in [-0.25, -0.2) is 0 Å². The quantitative estimate of drug-likeness (QED) is 0.583. The van der Waals surface area contributed by atoms with E-state index in [2.05, 4.69) is 30.4 Å². The first kappa shape index (κ1) is 23.8. The number of methoxy groups -OCH3 is 1. The first-order valence-electron chi connectivity index (χ1n) is 10.3. The molecule has 30 heavy (non-hydrogen) atoms. The molecule has 1 N–H and O–H groups in total. The van der Waals surface area contributed by atoms with Gasteiger partial charge in [0, 0.05) is 18.8 Å². The second kappa shape index (κ2) is 12.3. The molecule has 0 saturated heterocycles. The smallest absolute Gasteiger partial charge is 0.242 e. The van der Waals surface area contributed by atoms with Crippen molar-refractivity contribution >= 4 is 23.6 Å². The molecule has 162 valence electrons. The van der Waals surface area contributed by atoms with Crippen molar-refractivity contribution in [2.24, 2.45) is 0 Å². The van der Waals surface area contributed by atoms with Crippen LogP contribution in [0.5, 0.6) is 5.75 Å². The summed E-state index contributed by atoms with van der Waals surface area (Å²) in [7, 11) is 1.62. The first-order chi connectivity index (χ1) is 14.5. The second-order valence-electron chi connectivity index (χ2n) is 7.17. The number of nitrogens with one attached hydrogen (secondary N) is 1. The monoisotopic (exact) mass is 428 g/mol. The zero-order valence-electron chi connectivity index (χ0n) is 18.3. The lowest BCUT2D eigenvalue weighted by atomic mass is 10.1. The molecule has 6 heteroatoms. The molecule has 0 heterocycles. The van der Waals surface area contributed by atoms with Crippen molar-refractivity contribution < 1.29 is 14.3 Å². The molecule has 0 bridgehead atoms. The van der Waals surface area contributed by atoms with Crippen LogP contribution in [0, 0.1) is 6.92 Å². The lowest BCUT2D eigenvalue weighted by Gasteiger charge is -2.30. The third-order valence-corrected chi connectivity index (χ3v) is 5.79. The van der Waals surface area contributed by atoms with Gasteiger partial charge in [-0.3, -0.25) is 9.59 Å². The van der Waals surface area contributed by atoms with Crippen LogP contribution in [0.25, 0.3) is 0 Å². The lowest BCUT2D eigenvalue weighted by molar-refractivity contribution is -0.139. The Morgan fingerprint density at radius 2 is 1.83 bits per heavy atom. The van der Waals surface area contributed by atoms with E-state index in [4.69, 9.17) is 4.74 Å². The van der Waals surface area contributed by atoms with E-state index in [0.717, 1.165) is 17.1 Å². The van der Waals surface area contributed by atoms with Gasteiger partial charge in [-0.2, -0.15) is 0 Å². The number of ether oxygens (including phenoxy) is 1. The van der Waals surface area contributed by atoms with Gasteiger partial charge in [-0.15, -0.1) is 11.8 Å². The Morgan fingerprint density at radius 3 is 2.50 bits per heavy atom. The Kier molecular flexibility index (Phi) is 9.74. The predicted molar refractivity (Wildman–Crippen MR) is 124 cm³/mol. The average molecular weight is 429 g/mol. The Balaban J connectivity index is 2.13. The summed E-state index contributed by atoms with van der Waals surface area (Å²) in [6, 6.07) is 15.4. The highest BCUT2D eigenvalue weighted by atomic mass is 32.2. The van der Waals surface area contributed by atoms with Crippen molar-refractivity contribution in [3.63, 3.8) is 0 Å². The number of nitrogens with zero attached hydrogens (tertiary/aromatic N) is 1. The van der Waals surface area contributed by atoms with Gasteiger partial charge in [0.05, 0.1) is 12.9 Å². The number of amides is 2. The SMILES string of the molecule is CCNC(=O)C(CC)N(Cc1cccc(OC)c1)C(=O)CSCc1cccc(C)c1. The molecule has 0 radical (unpaired) electrons. The highest BCUT2D eigenvalue weighted by Gasteiger charge is 2.28. The number of rotatable bonds is 11. The second-order valence-corrected chi connectivity index (χ2v) is 8.16. The number of aryl methyl sites for hydroxylation is 1. The van der Waals surface area contributed by atoms with E-state index >= 15 is 0 Å². The van der Waals surface area contributed by atoms with E-state index in [0.29, 0.717) is 25.3 Å². The number of thioether (sulfide) groups is 1. The maximum absolute atomic E-state index is 13.2. The molecule has 2 amide bonds. The highest BCUT2D eigenvalue weighted by Crippen LogP contribution is 2.20. The third-order valence-electron chi connectivity index (χ3n) is 4.80. The van der Waals surface area contributed by atoms with Gasteiger partial charge in [0.15, 0.2) is 0 Å². The summed E-state index contributed by atoms with van der Waals surface area (Å²) in [6.45, 7) is 6.80. The molecule has 0 spiro atoms. The maximum Gasteiger partial charge on any atom is 0.242 e. The molecular weight excluding hydrogens is 396 g/mol. The number of hydrogen-bond acceptors (Lipinski definition) is 4. The summed E-state index contributed by atoms with van der Waals surface area (Å²) >= 11 is 1.58. The number of carbonyl (C=O) groups excluding carboxylic acids is 2. The maximum atomic E-state index is 13.2. The summed E-state index contributed by atoms with van der Waals surface area (Å²) < 4.78 is 5.31. The highest BCUT2D eigenvalue weighted by molar-refractivity contribution is 7.99. The van der Waals surface area contributed by atoms with Crippen molar-refractivity contribution in [3.05, 3.63) is 65.2 Å². The topological polar surface area (TPSA) is 58.6 Å². The van der Waals surface area contributed by atoms with Crippen LogP contribution < -0.4 is 10.1 Å². The Labute approximate surface area is 184 Å². The molecule has 0 saturated carbocycles. The predicted octanol–water partition coefficient (Wildman–Crippen LogP) is 4.18. The van der Waals surface area contributed by atoms with Crippen LogP contribution in [0.3, 0.4) is 0 Å². The van der Waals surface area contributed by atoms with Gasteiger partial charge in [0.1, 0.15) is 11.8 Å². The van der Waals surface area contributed by atoms with Gasteiger partial charge in [-0.05, 0) is 43.5 Å². The van der Waals surface area contributed by atoms with E-state index in [1.54, 1.807) is 23.8 Å². The van der Waals surface area contributed by atoms with Crippen LogP contribution in [0.15, 0.2) is 48.5 Å². The zero-order chi connectivity index (χ0) is 21.9. The number of likely N-dealkylation sites (N-methyl/N-ethyl adjacent to an activating group) is 1. The van der Waals surface area contributed by atoms with Crippen LogP contribution in [0.4, 0.5) is 0 Å². The van der Waals surface area contributed by atoms with Crippen LogP contribution in [-0.4, -0.2) is 42.2 Å². The summed E-state index contributed by atoms with van der Waals surface area (Å²) in [5.74, 6) is 1.68. The normalized spacial score (nSPS) is 11.6. The molecular formula is C24H32N2O3S. The number of hydrogen-bond donors (Lipinski definition) is 1. The van der Waals surface area contributed by atoms with Gasteiger partial charge < -0.3 is 15.0 Å². The lowest BCUT2D eigenvalue weighted by Crippen LogP contribution is -2.49. The fraction of sp³-hybridized carbons (Fsp3) is 0.417. The van der Waals surface area contributed by atoms with Crippen molar-refractivity contribution in [1.82, 2.24) is 10.2 Å². The fourth-order valence-corrected chi connectivity index (χ4v) is 4.18. The largest absolute Gasteiger partial charge is 0.497 e. The van der Waals surface area contributed by atoms with E-state index in [-0.39, 0.29) is 11.8 Å². The molecule has 0 aliphatic rings. The van der Waals surface area contributed by atoms with Crippen molar-refractivity contribution in [2.45, 2.75) is 45.5 Å². The molecule has 1 unspecified atom stereocenters. The summed E-state index contributed by atoms with van der Waals surface area (Å²) in [5, 5.41) is 2.86. The third kappa shape index (κ3) is 7.10. The Hall–Kier alpha value is -2.47. The van der Waals surface area contributed by atoms with Crippen molar-refractivity contribution in [2.75, 3.05) is 19.4 Å². The minimum absolute atomic E-state index is 0.0337. The van der Waals surface area contributed by atoms with Gasteiger partial charge in [-0.1, -0.05) is 48.9 Å². The van der Waals surface area contributed by atoms with Gasteiger partial charge >= 0.3 is 0 Å². The van der Waals surface area contributed by atoms with E-state index < -0.39 is 6.04 Å². The van der Waals surface area contributed by atoms with Crippen molar-refractivity contribution in [3.8, 4) is 5.75 Å². The molecule has 2 rings (SSSR count). The minimum atomic E-state index is -0.497. The molecule has 2 aromatic rings. The molecule has 0 aliphatic heterocycles. The van der Waals surface area contributed by atoms with Gasteiger partial charge in [0.25, 0.3) is 0 Å².